The molecule has 32 heavy (non-hydrogen) atoms. The molecule has 4 atom stereocenters. The van der Waals surface area contributed by atoms with Gasteiger partial charge in [0.15, 0.2) is 18.4 Å². The van der Waals surface area contributed by atoms with Gasteiger partial charge in [-0.2, -0.15) is 0 Å². The van der Waals surface area contributed by atoms with E-state index in [0.717, 1.165) is 11.1 Å². The third-order valence-electron chi connectivity index (χ3n) is 5.00. The molecule has 174 valence electrons. The van der Waals surface area contributed by atoms with Crippen LogP contribution in [0.25, 0.3) is 0 Å². The number of esters is 2. The summed E-state index contributed by atoms with van der Waals surface area (Å²) in [5.41, 5.74) is 5.60. The highest BCUT2D eigenvalue weighted by atomic mass is 16.6. The number of amides is 1. The summed E-state index contributed by atoms with van der Waals surface area (Å²) in [6, 6.07) is 0. The van der Waals surface area contributed by atoms with E-state index in [1.165, 1.54) is 6.33 Å². The predicted octanol–water partition coefficient (Wildman–Crippen LogP) is 0.0136. The van der Waals surface area contributed by atoms with E-state index in [0.29, 0.717) is 18.4 Å². The van der Waals surface area contributed by atoms with E-state index in [1.807, 2.05) is 6.92 Å². The van der Waals surface area contributed by atoms with Crippen LogP contribution in [0.5, 0.6) is 0 Å². The number of rotatable bonds is 9. The molecule has 1 aromatic heterocycles. The molecule has 0 radical (unpaired) electrons. The molecule has 1 fully saturated rings. The van der Waals surface area contributed by atoms with Gasteiger partial charge in [0, 0.05) is 26.1 Å². The Bertz CT molecular complexity index is 912. The van der Waals surface area contributed by atoms with Crippen molar-refractivity contribution >= 4 is 17.8 Å². The van der Waals surface area contributed by atoms with Crippen molar-refractivity contribution in [3.63, 3.8) is 0 Å². The third-order valence-corrected chi connectivity index (χ3v) is 5.00. The number of aliphatic hydroxyl groups is 1. The van der Waals surface area contributed by atoms with Gasteiger partial charge in [-0.1, -0.05) is 19.4 Å². The number of carbonyl (C=O) groups is 3. The molecule has 2 aliphatic rings. The molecule has 3 rings (SSSR count). The first-order valence-electron chi connectivity index (χ1n) is 10.3. The summed E-state index contributed by atoms with van der Waals surface area (Å²) >= 11 is 0. The lowest BCUT2D eigenvalue weighted by Gasteiger charge is -2.25. The second-order valence-electron chi connectivity index (χ2n) is 7.50. The van der Waals surface area contributed by atoms with E-state index in [-0.39, 0.29) is 12.2 Å². The van der Waals surface area contributed by atoms with Crippen molar-refractivity contribution in [2.45, 2.75) is 57.1 Å². The molecule has 1 amide bonds. The normalized spacial score (nSPS) is 24.8. The lowest BCUT2D eigenvalue weighted by atomic mass is 10.1. The second kappa shape index (κ2) is 10.4. The standard InChI is InChI=1S/C20H27N5O7/c1-3-4-7-14(27)31-16-15(32-20(29)12-6-5-8-24(2)9-12)13(10-26)30-19(16)25-11-22-18(23-25)17(21)28/h5,8-9,11,13,15-16,19,26H,3-4,6-7,10H2,1-2H3,(H2,21,28)/t13-,15-,16-,19-/m1/s1. The highest BCUT2D eigenvalue weighted by Crippen LogP contribution is 2.34. The SMILES string of the molecule is CCCCC(=O)O[C@@H]1[C@H](OC(=O)C2=CN(C)C=CC2)[C@@H](CO)O[C@H]1n1cnc(C(N)=O)n1. The van der Waals surface area contributed by atoms with Crippen molar-refractivity contribution in [2.75, 3.05) is 13.7 Å². The minimum atomic E-state index is -1.12. The van der Waals surface area contributed by atoms with Crippen LogP contribution >= 0.6 is 0 Å². The number of hydrogen-bond acceptors (Lipinski definition) is 10. The van der Waals surface area contributed by atoms with E-state index in [1.54, 1.807) is 30.4 Å². The Balaban J connectivity index is 1.86. The predicted molar refractivity (Wildman–Crippen MR) is 108 cm³/mol. The van der Waals surface area contributed by atoms with Gasteiger partial charge in [0.1, 0.15) is 12.4 Å². The fourth-order valence-electron chi connectivity index (χ4n) is 3.40. The zero-order valence-electron chi connectivity index (χ0n) is 17.9. The Hall–Kier alpha value is -3.25. The Labute approximate surface area is 184 Å². The number of ether oxygens (including phenoxy) is 3. The van der Waals surface area contributed by atoms with Crippen LogP contribution in [-0.2, 0) is 23.8 Å². The number of unbranched alkanes of at least 4 members (excludes halogenated alkanes) is 1. The number of primary amides is 1. The van der Waals surface area contributed by atoms with E-state index in [9.17, 15) is 19.5 Å². The van der Waals surface area contributed by atoms with Crippen LogP contribution in [0.2, 0.25) is 0 Å². The van der Waals surface area contributed by atoms with Crippen molar-refractivity contribution in [2.24, 2.45) is 5.73 Å². The van der Waals surface area contributed by atoms with Crippen molar-refractivity contribution in [3.8, 4) is 0 Å². The molecule has 0 bridgehead atoms. The highest BCUT2D eigenvalue weighted by Gasteiger charge is 2.51. The Morgan fingerprint density at radius 3 is 2.72 bits per heavy atom. The molecule has 12 heteroatoms. The molecular weight excluding hydrogens is 422 g/mol. The molecule has 0 saturated carbocycles. The topological polar surface area (TPSA) is 159 Å². The smallest absolute Gasteiger partial charge is 0.336 e. The molecule has 0 aliphatic carbocycles. The molecular formula is C20H27N5O7. The van der Waals surface area contributed by atoms with Crippen LogP contribution in [0.4, 0.5) is 0 Å². The van der Waals surface area contributed by atoms with Gasteiger partial charge in [0.05, 0.1) is 12.2 Å². The van der Waals surface area contributed by atoms with E-state index < -0.39 is 49.0 Å². The van der Waals surface area contributed by atoms with Crippen LogP contribution in [-0.4, -0.2) is 74.6 Å². The first kappa shape index (κ1) is 23.4. The fraction of sp³-hybridized carbons (Fsp3) is 0.550. The number of carbonyl (C=O) groups excluding carboxylic acids is 3. The largest absolute Gasteiger partial charge is 0.453 e. The maximum atomic E-state index is 12.8. The average Bonchev–Trinajstić information content (AvgIpc) is 3.38. The van der Waals surface area contributed by atoms with Crippen molar-refractivity contribution in [3.05, 3.63) is 36.2 Å². The summed E-state index contributed by atoms with van der Waals surface area (Å²) in [5, 5.41) is 13.8. The molecule has 0 unspecified atom stereocenters. The number of allylic oxidation sites excluding steroid dienone is 1. The van der Waals surface area contributed by atoms with Crippen LogP contribution in [0, 0.1) is 0 Å². The van der Waals surface area contributed by atoms with Crippen LogP contribution in [0.15, 0.2) is 30.4 Å². The Morgan fingerprint density at radius 2 is 2.09 bits per heavy atom. The van der Waals surface area contributed by atoms with Gasteiger partial charge in [0.2, 0.25) is 5.82 Å². The molecule has 3 heterocycles. The summed E-state index contributed by atoms with van der Waals surface area (Å²) in [5.74, 6) is -2.24. The van der Waals surface area contributed by atoms with Gasteiger partial charge in [-0.05, 0) is 12.6 Å². The zero-order valence-corrected chi connectivity index (χ0v) is 17.9. The van der Waals surface area contributed by atoms with Crippen molar-refractivity contribution < 1.29 is 33.7 Å². The van der Waals surface area contributed by atoms with Gasteiger partial charge in [-0.15, -0.1) is 5.10 Å². The molecule has 12 nitrogen and oxygen atoms in total. The minimum Gasteiger partial charge on any atom is -0.453 e. The number of hydrogen-bond donors (Lipinski definition) is 2. The highest BCUT2D eigenvalue weighted by molar-refractivity contribution is 5.89. The van der Waals surface area contributed by atoms with Gasteiger partial charge in [-0.3, -0.25) is 9.59 Å². The summed E-state index contributed by atoms with van der Waals surface area (Å²) in [6.45, 7) is 1.43. The first-order valence-corrected chi connectivity index (χ1v) is 10.3. The fourth-order valence-corrected chi connectivity index (χ4v) is 3.40. The van der Waals surface area contributed by atoms with Crippen molar-refractivity contribution in [1.29, 1.82) is 0 Å². The van der Waals surface area contributed by atoms with Crippen LogP contribution in [0.3, 0.4) is 0 Å². The summed E-state index contributed by atoms with van der Waals surface area (Å²) < 4.78 is 18.2. The molecule has 0 spiro atoms. The van der Waals surface area contributed by atoms with Crippen LogP contribution < -0.4 is 5.73 Å². The average molecular weight is 449 g/mol. The van der Waals surface area contributed by atoms with E-state index in [2.05, 4.69) is 10.1 Å². The van der Waals surface area contributed by atoms with Gasteiger partial charge < -0.3 is 30.0 Å². The number of aliphatic hydroxyl groups excluding tert-OH is 1. The summed E-state index contributed by atoms with van der Waals surface area (Å²) in [7, 11) is 1.77. The second-order valence-corrected chi connectivity index (χ2v) is 7.50. The van der Waals surface area contributed by atoms with Crippen LogP contribution in [0.1, 0.15) is 49.5 Å². The third kappa shape index (κ3) is 5.32. The maximum Gasteiger partial charge on any atom is 0.336 e. The quantitative estimate of drug-likeness (QED) is 0.492. The van der Waals surface area contributed by atoms with Crippen molar-refractivity contribution in [1.82, 2.24) is 19.7 Å². The molecule has 2 aliphatic heterocycles. The molecule has 1 aromatic rings. The minimum absolute atomic E-state index is 0.162. The van der Waals surface area contributed by atoms with Gasteiger partial charge >= 0.3 is 11.9 Å². The molecule has 0 aromatic carbocycles. The lowest BCUT2D eigenvalue weighted by molar-refractivity contribution is -0.167. The van der Waals surface area contributed by atoms with Gasteiger partial charge in [0.25, 0.3) is 5.91 Å². The summed E-state index contributed by atoms with van der Waals surface area (Å²) in [6.07, 6.45) is 4.06. The zero-order chi connectivity index (χ0) is 23.3. The Morgan fingerprint density at radius 1 is 1.31 bits per heavy atom. The Kier molecular flexibility index (Phi) is 7.59. The first-order chi connectivity index (χ1) is 15.3. The molecule has 3 N–H and O–H groups in total. The number of nitrogens with two attached hydrogens (primary N) is 1. The summed E-state index contributed by atoms with van der Waals surface area (Å²) in [4.78, 5) is 42.1. The number of aromatic nitrogens is 3. The molecule has 1 saturated heterocycles. The van der Waals surface area contributed by atoms with E-state index >= 15 is 0 Å². The van der Waals surface area contributed by atoms with E-state index in [4.69, 9.17) is 19.9 Å². The lowest BCUT2D eigenvalue weighted by Crippen LogP contribution is -2.41. The maximum absolute atomic E-state index is 12.8. The number of nitrogens with zero attached hydrogens (tertiary/aromatic N) is 4. The van der Waals surface area contributed by atoms with Gasteiger partial charge in [-0.25, -0.2) is 14.5 Å². The monoisotopic (exact) mass is 449 g/mol.